The maximum atomic E-state index is 12.4. The number of piperidine rings is 1. The van der Waals surface area contributed by atoms with Gasteiger partial charge in [-0.25, -0.2) is 0 Å². The third-order valence-electron chi connectivity index (χ3n) is 4.94. The van der Waals surface area contributed by atoms with Crippen molar-refractivity contribution in [3.8, 4) is 5.75 Å². The Labute approximate surface area is 149 Å². The van der Waals surface area contributed by atoms with Gasteiger partial charge in [-0.2, -0.15) is 0 Å². The van der Waals surface area contributed by atoms with E-state index in [1.165, 1.54) is 5.56 Å². The van der Waals surface area contributed by atoms with Crippen LogP contribution in [0.1, 0.15) is 36.9 Å². The highest BCUT2D eigenvalue weighted by Gasteiger charge is 2.35. The predicted octanol–water partition coefficient (Wildman–Crippen LogP) is 3.54. The quantitative estimate of drug-likeness (QED) is 0.876. The monoisotopic (exact) mass is 338 g/mol. The van der Waals surface area contributed by atoms with Crippen LogP contribution in [0.5, 0.6) is 5.75 Å². The van der Waals surface area contributed by atoms with Crippen molar-refractivity contribution in [3.63, 3.8) is 0 Å². The molecule has 0 aliphatic carbocycles. The average molecular weight is 338 g/mol. The van der Waals surface area contributed by atoms with Gasteiger partial charge in [0.1, 0.15) is 5.75 Å². The zero-order valence-corrected chi connectivity index (χ0v) is 14.9. The number of ether oxygens (including phenoxy) is 1. The first-order chi connectivity index (χ1) is 12.2. The molecule has 1 aliphatic heterocycles. The minimum Gasteiger partial charge on any atom is -0.496 e. The number of amides is 1. The third-order valence-corrected chi connectivity index (χ3v) is 4.94. The number of nitrogens with one attached hydrogen (secondary N) is 1. The van der Waals surface area contributed by atoms with Gasteiger partial charge >= 0.3 is 0 Å². The van der Waals surface area contributed by atoms with Gasteiger partial charge in [0.25, 0.3) is 0 Å². The Morgan fingerprint density at radius 3 is 2.56 bits per heavy atom. The Bertz CT molecular complexity index is 702. The van der Waals surface area contributed by atoms with Gasteiger partial charge in [-0.15, -0.1) is 0 Å². The lowest BCUT2D eigenvalue weighted by molar-refractivity contribution is -0.137. The summed E-state index contributed by atoms with van der Waals surface area (Å²) in [5.74, 6) is 1.14. The van der Waals surface area contributed by atoms with E-state index in [-0.39, 0.29) is 18.0 Å². The maximum Gasteiger partial charge on any atom is 0.223 e. The topological polar surface area (TPSA) is 41.6 Å². The number of hydrogen-bond donors (Lipinski definition) is 1. The molecule has 2 unspecified atom stereocenters. The number of likely N-dealkylation sites (N-methyl/N-ethyl adjacent to an activating group) is 1. The highest BCUT2D eigenvalue weighted by Crippen LogP contribution is 2.32. The molecular formula is C21H26N2O2. The molecule has 0 aromatic heterocycles. The molecular weight excluding hydrogens is 312 g/mol. The molecule has 1 heterocycles. The van der Waals surface area contributed by atoms with Crippen LogP contribution in [-0.2, 0) is 11.3 Å². The summed E-state index contributed by atoms with van der Waals surface area (Å²) >= 11 is 0. The summed E-state index contributed by atoms with van der Waals surface area (Å²) in [6.45, 7) is 3.51. The second-order valence-corrected chi connectivity index (χ2v) is 6.37. The molecule has 0 saturated carbocycles. The lowest BCUT2D eigenvalue weighted by Crippen LogP contribution is -2.50. The van der Waals surface area contributed by atoms with Crippen molar-refractivity contribution >= 4 is 5.91 Å². The second kappa shape index (κ2) is 8.17. The zero-order chi connectivity index (χ0) is 17.6. The molecule has 25 heavy (non-hydrogen) atoms. The van der Waals surface area contributed by atoms with Crippen molar-refractivity contribution in [2.75, 3.05) is 13.7 Å². The van der Waals surface area contributed by atoms with E-state index < -0.39 is 0 Å². The molecule has 1 saturated heterocycles. The maximum absolute atomic E-state index is 12.4. The molecule has 0 spiro atoms. The Morgan fingerprint density at radius 1 is 1.12 bits per heavy atom. The molecule has 3 rings (SSSR count). The fourth-order valence-corrected chi connectivity index (χ4v) is 3.69. The van der Waals surface area contributed by atoms with E-state index in [9.17, 15) is 4.79 Å². The van der Waals surface area contributed by atoms with Crippen molar-refractivity contribution < 1.29 is 9.53 Å². The molecule has 2 aromatic rings. The van der Waals surface area contributed by atoms with E-state index in [0.29, 0.717) is 6.42 Å². The molecule has 0 bridgehead atoms. The Hall–Kier alpha value is -2.33. The van der Waals surface area contributed by atoms with Crippen molar-refractivity contribution in [3.05, 3.63) is 65.7 Å². The summed E-state index contributed by atoms with van der Waals surface area (Å²) in [4.78, 5) is 14.4. The van der Waals surface area contributed by atoms with E-state index in [1.54, 1.807) is 7.11 Å². The van der Waals surface area contributed by atoms with Crippen LogP contribution in [0.15, 0.2) is 54.6 Å². The number of carbonyl (C=O) groups is 1. The molecule has 4 nitrogen and oxygen atoms in total. The van der Waals surface area contributed by atoms with E-state index in [2.05, 4.69) is 30.4 Å². The molecule has 4 heteroatoms. The molecule has 132 valence electrons. The van der Waals surface area contributed by atoms with Gasteiger partial charge in [-0.1, -0.05) is 48.5 Å². The molecule has 1 amide bonds. The fraction of sp³-hybridized carbons (Fsp3) is 0.381. The summed E-state index contributed by atoms with van der Waals surface area (Å²) in [5, 5.41) is 3.67. The van der Waals surface area contributed by atoms with Gasteiger partial charge in [-0.05, 0) is 25.0 Å². The molecule has 1 fully saturated rings. The number of para-hydroxylation sites is 1. The Kier molecular flexibility index (Phi) is 5.71. The largest absolute Gasteiger partial charge is 0.496 e. The van der Waals surface area contributed by atoms with Crippen LogP contribution in [0, 0.1) is 0 Å². The second-order valence-electron chi connectivity index (χ2n) is 6.37. The van der Waals surface area contributed by atoms with Crippen LogP contribution < -0.4 is 10.1 Å². The van der Waals surface area contributed by atoms with E-state index in [0.717, 1.165) is 30.8 Å². The number of rotatable bonds is 6. The minimum absolute atomic E-state index is 0.0714. The van der Waals surface area contributed by atoms with Gasteiger partial charge in [0.05, 0.1) is 13.2 Å². The first-order valence-corrected chi connectivity index (χ1v) is 8.94. The fourth-order valence-electron chi connectivity index (χ4n) is 3.69. The molecule has 1 aliphatic rings. The molecule has 0 radical (unpaired) electrons. The van der Waals surface area contributed by atoms with Crippen molar-refractivity contribution in [2.24, 2.45) is 0 Å². The lowest BCUT2D eigenvalue weighted by Gasteiger charge is -2.41. The highest BCUT2D eigenvalue weighted by atomic mass is 16.5. The van der Waals surface area contributed by atoms with Crippen LogP contribution in [0.4, 0.5) is 0 Å². The van der Waals surface area contributed by atoms with Gasteiger partial charge in [0.15, 0.2) is 0 Å². The number of carbonyl (C=O) groups excluding carboxylic acids is 1. The summed E-state index contributed by atoms with van der Waals surface area (Å²) in [6, 6.07) is 18.7. The molecule has 1 N–H and O–H groups in total. The van der Waals surface area contributed by atoms with Gasteiger partial charge in [-0.3, -0.25) is 4.79 Å². The van der Waals surface area contributed by atoms with Crippen molar-refractivity contribution in [1.29, 1.82) is 0 Å². The smallest absolute Gasteiger partial charge is 0.223 e. The van der Waals surface area contributed by atoms with Crippen molar-refractivity contribution in [2.45, 2.75) is 38.4 Å². The number of methoxy groups -OCH3 is 1. The highest BCUT2D eigenvalue weighted by molar-refractivity contribution is 5.78. The van der Waals surface area contributed by atoms with Gasteiger partial charge in [0.2, 0.25) is 5.91 Å². The molecule has 2 aromatic carbocycles. The van der Waals surface area contributed by atoms with Crippen LogP contribution in [0.2, 0.25) is 0 Å². The number of nitrogens with zero attached hydrogens (tertiary/aromatic N) is 1. The number of hydrogen-bond acceptors (Lipinski definition) is 3. The van der Waals surface area contributed by atoms with E-state index in [4.69, 9.17) is 4.74 Å². The SMILES string of the molecule is CCN1C(=O)CCC(NCc2ccccc2OC)C1c1ccccc1. The van der Waals surface area contributed by atoms with Gasteiger partial charge < -0.3 is 15.0 Å². The van der Waals surface area contributed by atoms with Crippen LogP contribution >= 0.6 is 0 Å². The van der Waals surface area contributed by atoms with Crippen LogP contribution in [0.3, 0.4) is 0 Å². The normalized spacial score (nSPS) is 20.6. The molecule has 2 atom stereocenters. The minimum atomic E-state index is 0.0714. The van der Waals surface area contributed by atoms with E-state index in [1.807, 2.05) is 41.3 Å². The third kappa shape index (κ3) is 3.85. The lowest BCUT2D eigenvalue weighted by atomic mass is 9.89. The van der Waals surface area contributed by atoms with Crippen molar-refractivity contribution in [1.82, 2.24) is 10.2 Å². The number of likely N-dealkylation sites (tertiary alicyclic amines) is 1. The average Bonchev–Trinajstić information content (AvgIpc) is 2.67. The summed E-state index contributed by atoms with van der Waals surface area (Å²) in [5.41, 5.74) is 2.33. The summed E-state index contributed by atoms with van der Waals surface area (Å²) < 4.78 is 5.45. The predicted molar refractivity (Wildman–Crippen MR) is 99.4 cm³/mol. The summed E-state index contributed by atoms with van der Waals surface area (Å²) in [7, 11) is 1.70. The van der Waals surface area contributed by atoms with Crippen LogP contribution in [0.25, 0.3) is 0 Å². The Morgan fingerprint density at radius 2 is 1.84 bits per heavy atom. The van der Waals surface area contributed by atoms with E-state index >= 15 is 0 Å². The first kappa shape index (κ1) is 17.5. The number of benzene rings is 2. The van der Waals surface area contributed by atoms with Gasteiger partial charge in [0, 0.05) is 31.1 Å². The zero-order valence-electron chi connectivity index (χ0n) is 14.9. The summed E-state index contributed by atoms with van der Waals surface area (Å²) in [6.07, 6.45) is 1.45. The Balaban J connectivity index is 1.81. The van der Waals surface area contributed by atoms with Crippen LogP contribution in [-0.4, -0.2) is 30.5 Å². The first-order valence-electron chi connectivity index (χ1n) is 8.94. The standard InChI is InChI=1S/C21H26N2O2/c1-3-23-20(24)14-13-18(21(23)16-9-5-4-6-10-16)22-15-17-11-7-8-12-19(17)25-2/h4-12,18,21-22H,3,13-15H2,1-2H3.